The molecule has 0 aromatic carbocycles. The Morgan fingerprint density at radius 2 is 1.77 bits per heavy atom. The Morgan fingerprint density at radius 3 is 2.45 bits per heavy atom. The maximum Gasteiger partial charge on any atom is 0.200 e. The molecular weight excluding hydrogens is 272 g/mol. The van der Waals surface area contributed by atoms with Crippen LogP contribution in [0.25, 0.3) is 0 Å². The number of allylic oxidation sites excluding steroid dienone is 2. The van der Waals surface area contributed by atoms with Crippen LogP contribution in [0.3, 0.4) is 0 Å². The van der Waals surface area contributed by atoms with Crippen LogP contribution < -0.4 is 0 Å². The van der Waals surface area contributed by atoms with E-state index < -0.39 is 0 Å². The van der Waals surface area contributed by atoms with Crippen molar-refractivity contribution in [2.45, 2.75) is 84.8 Å². The largest absolute Gasteiger partial charge is 0.345 e. The molecule has 0 saturated carbocycles. The fourth-order valence-electron chi connectivity index (χ4n) is 3.41. The van der Waals surface area contributed by atoms with Crippen LogP contribution in [0.5, 0.6) is 0 Å². The van der Waals surface area contributed by atoms with Crippen LogP contribution in [0, 0.1) is 0 Å². The summed E-state index contributed by atoms with van der Waals surface area (Å²) in [5.41, 5.74) is 0. The number of nitrogens with zero attached hydrogens (tertiary/aromatic N) is 2. The lowest BCUT2D eigenvalue weighted by atomic mass is 10.1. The molecular formula is C19H37N2O+. The van der Waals surface area contributed by atoms with E-state index in [0.717, 1.165) is 26.1 Å². The standard InChI is InChI=1S/C19H37N2O/c1-4-6-7-8-9-10-11-12-13-14-15-19-20-16-17-21(19,5-2)18(3)22/h7-8,18,22H,4-6,9-17H2,1-3H3/q+1/b8-7+. The lowest BCUT2D eigenvalue weighted by Crippen LogP contribution is -2.56. The second kappa shape index (κ2) is 11.0. The van der Waals surface area contributed by atoms with Gasteiger partial charge in [0.25, 0.3) is 0 Å². The molecule has 128 valence electrons. The van der Waals surface area contributed by atoms with E-state index in [0.29, 0.717) is 4.48 Å². The number of aliphatic imine (C=N–C) groups is 1. The van der Waals surface area contributed by atoms with Crippen molar-refractivity contribution in [3.05, 3.63) is 12.2 Å². The Balaban J connectivity index is 2.12. The van der Waals surface area contributed by atoms with Gasteiger partial charge in [0.05, 0.1) is 13.1 Å². The van der Waals surface area contributed by atoms with Crippen molar-refractivity contribution in [2.75, 3.05) is 19.6 Å². The third-order valence-corrected chi connectivity index (χ3v) is 4.98. The molecule has 0 aromatic heterocycles. The Morgan fingerprint density at radius 1 is 1.09 bits per heavy atom. The number of hydrogen-bond acceptors (Lipinski definition) is 2. The number of aliphatic hydroxyl groups excluding tert-OH is 1. The molecule has 2 atom stereocenters. The summed E-state index contributed by atoms with van der Waals surface area (Å²) < 4.78 is 0.711. The van der Waals surface area contributed by atoms with Crippen molar-refractivity contribution in [2.24, 2.45) is 4.99 Å². The summed E-state index contributed by atoms with van der Waals surface area (Å²) in [5.74, 6) is 1.24. The lowest BCUT2D eigenvalue weighted by molar-refractivity contribution is -0.882. The van der Waals surface area contributed by atoms with Gasteiger partial charge < -0.3 is 5.11 Å². The zero-order chi connectivity index (χ0) is 16.3. The molecule has 0 radical (unpaired) electrons. The minimum absolute atomic E-state index is 0.318. The van der Waals surface area contributed by atoms with Gasteiger partial charge in [-0.2, -0.15) is 0 Å². The molecule has 0 bridgehead atoms. The Labute approximate surface area is 137 Å². The third-order valence-electron chi connectivity index (χ3n) is 4.98. The number of amidine groups is 1. The fourth-order valence-corrected chi connectivity index (χ4v) is 3.41. The van der Waals surface area contributed by atoms with Crippen molar-refractivity contribution in [3.63, 3.8) is 0 Å². The van der Waals surface area contributed by atoms with Crippen molar-refractivity contribution in [3.8, 4) is 0 Å². The highest BCUT2D eigenvalue weighted by Crippen LogP contribution is 2.22. The van der Waals surface area contributed by atoms with Gasteiger partial charge in [-0.1, -0.05) is 44.8 Å². The van der Waals surface area contributed by atoms with Crippen molar-refractivity contribution in [1.29, 1.82) is 0 Å². The highest BCUT2D eigenvalue weighted by Gasteiger charge is 2.40. The first-order chi connectivity index (χ1) is 10.7. The molecule has 1 heterocycles. The summed E-state index contributed by atoms with van der Waals surface area (Å²) in [6, 6.07) is 0. The van der Waals surface area contributed by atoms with Gasteiger partial charge in [-0.3, -0.25) is 4.48 Å². The molecule has 1 aliphatic heterocycles. The maximum absolute atomic E-state index is 10.1. The zero-order valence-electron chi connectivity index (χ0n) is 15.1. The van der Waals surface area contributed by atoms with E-state index in [-0.39, 0.29) is 6.23 Å². The number of quaternary nitrogens is 1. The summed E-state index contributed by atoms with van der Waals surface area (Å²) in [6.07, 6.45) is 15.6. The molecule has 0 spiro atoms. The van der Waals surface area contributed by atoms with Gasteiger partial charge in [0.15, 0.2) is 6.23 Å². The van der Waals surface area contributed by atoms with E-state index in [2.05, 4.69) is 31.0 Å². The average molecular weight is 310 g/mol. The van der Waals surface area contributed by atoms with E-state index in [9.17, 15) is 5.11 Å². The number of unbranched alkanes of at least 4 members (excludes halogenated alkanes) is 6. The maximum atomic E-state index is 10.1. The Kier molecular flexibility index (Phi) is 9.65. The van der Waals surface area contributed by atoms with Gasteiger partial charge >= 0.3 is 0 Å². The third kappa shape index (κ3) is 5.85. The summed E-state index contributed by atoms with van der Waals surface area (Å²) in [7, 11) is 0. The highest BCUT2D eigenvalue weighted by molar-refractivity contribution is 5.76. The van der Waals surface area contributed by atoms with Crippen molar-refractivity contribution < 1.29 is 9.59 Å². The predicted octanol–water partition coefficient (Wildman–Crippen LogP) is 4.66. The van der Waals surface area contributed by atoms with Gasteiger partial charge in [-0.25, -0.2) is 4.99 Å². The van der Waals surface area contributed by atoms with E-state index in [1.165, 1.54) is 57.2 Å². The van der Waals surface area contributed by atoms with Crippen LogP contribution in [-0.4, -0.2) is 41.3 Å². The Bertz CT molecular complexity index is 349. The first kappa shape index (κ1) is 19.4. The average Bonchev–Trinajstić information content (AvgIpc) is 2.93. The monoisotopic (exact) mass is 309 g/mol. The smallest absolute Gasteiger partial charge is 0.200 e. The van der Waals surface area contributed by atoms with E-state index in [1.54, 1.807) is 0 Å². The summed E-state index contributed by atoms with van der Waals surface area (Å²) in [4.78, 5) is 4.68. The molecule has 1 N–H and O–H groups in total. The van der Waals surface area contributed by atoms with Crippen LogP contribution in [0.15, 0.2) is 17.1 Å². The topological polar surface area (TPSA) is 32.6 Å². The van der Waals surface area contributed by atoms with Crippen LogP contribution in [0.4, 0.5) is 0 Å². The lowest BCUT2D eigenvalue weighted by Gasteiger charge is -2.36. The van der Waals surface area contributed by atoms with E-state index in [1.807, 2.05) is 6.92 Å². The highest BCUT2D eigenvalue weighted by atomic mass is 16.3. The summed E-state index contributed by atoms with van der Waals surface area (Å²) in [5, 5.41) is 10.1. The van der Waals surface area contributed by atoms with Gasteiger partial charge in [0.2, 0.25) is 5.84 Å². The predicted molar refractivity (Wildman–Crippen MR) is 96.0 cm³/mol. The molecule has 1 rings (SSSR count). The number of hydrogen-bond donors (Lipinski definition) is 1. The molecule has 2 unspecified atom stereocenters. The zero-order valence-corrected chi connectivity index (χ0v) is 15.1. The SMILES string of the molecule is CCC/C=C/CCCCCCCC1=NCC[N+]1(CC)C(C)O. The first-order valence-electron chi connectivity index (χ1n) is 9.41. The molecule has 0 aromatic rings. The van der Waals surface area contributed by atoms with Crippen LogP contribution >= 0.6 is 0 Å². The molecule has 22 heavy (non-hydrogen) atoms. The van der Waals surface area contributed by atoms with E-state index >= 15 is 0 Å². The second-order valence-corrected chi connectivity index (χ2v) is 6.57. The quantitative estimate of drug-likeness (QED) is 0.317. The molecule has 3 heteroatoms. The number of likely N-dealkylation sites (N-methyl/N-ethyl adjacent to an activating group) is 1. The number of aliphatic hydroxyl groups is 1. The van der Waals surface area contributed by atoms with Crippen LogP contribution in [-0.2, 0) is 0 Å². The Hall–Kier alpha value is -0.670. The minimum atomic E-state index is -0.318. The molecule has 3 nitrogen and oxygen atoms in total. The normalized spacial score (nSPS) is 23.2. The van der Waals surface area contributed by atoms with Gasteiger partial charge in [0.1, 0.15) is 6.54 Å². The van der Waals surface area contributed by atoms with Crippen LogP contribution in [0.1, 0.15) is 78.6 Å². The minimum Gasteiger partial charge on any atom is -0.345 e. The molecule has 0 fully saturated rings. The molecule has 0 amide bonds. The van der Waals surface area contributed by atoms with Crippen molar-refractivity contribution in [1.82, 2.24) is 0 Å². The molecule has 0 saturated heterocycles. The first-order valence-corrected chi connectivity index (χ1v) is 9.41. The molecule has 0 aliphatic carbocycles. The van der Waals surface area contributed by atoms with Gasteiger partial charge in [-0.15, -0.1) is 0 Å². The van der Waals surface area contributed by atoms with Crippen molar-refractivity contribution >= 4 is 5.84 Å². The second-order valence-electron chi connectivity index (χ2n) is 6.57. The molecule has 1 aliphatic rings. The van der Waals surface area contributed by atoms with Crippen LogP contribution in [0.2, 0.25) is 0 Å². The number of rotatable bonds is 12. The van der Waals surface area contributed by atoms with Gasteiger partial charge in [0, 0.05) is 13.3 Å². The summed E-state index contributed by atoms with van der Waals surface area (Å²) in [6.45, 7) is 9.13. The fraction of sp³-hybridized carbons (Fsp3) is 0.842. The van der Waals surface area contributed by atoms with Gasteiger partial charge in [-0.05, 0) is 32.6 Å². The van der Waals surface area contributed by atoms with E-state index in [4.69, 9.17) is 0 Å². The summed E-state index contributed by atoms with van der Waals surface area (Å²) >= 11 is 0.